The molecule has 8 nitrogen and oxygen atoms in total. The molecule has 0 radical (unpaired) electrons. The van der Waals surface area contributed by atoms with Gasteiger partial charge in [0.05, 0.1) is 29.4 Å². The lowest BCUT2D eigenvalue weighted by Gasteiger charge is -2.10. The van der Waals surface area contributed by atoms with E-state index in [9.17, 15) is 18.0 Å². The summed E-state index contributed by atoms with van der Waals surface area (Å²) < 4.78 is 50.7. The summed E-state index contributed by atoms with van der Waals surface area (Å²) in [4.78, 5) is 15.2. The lowest BCUT2D eigenvalue weighted by Crippen LogP contribution is -2.06. The molecular formula is C22H17F3N4O4. The zero-order valence-corrected chi connectivity index (χ0v) is 17.2. The van der Waals surface area contributed by atoms with E-state index in [1.54, 1.807) is 36.0 Å². The van der Waals surface area contributed by atoms with Crippen LogP contribution in [-0.4, -0.2) is 31.0 Å². The molecule has 0 bridgehead atoms. The molecule has 4 rings (SSSR count). The Hall–Kier alpha value is -4.15. The lowest BCUT2D eigenvalue weighted by atomic mass is 10.1. The molecule has 2 heterocycles. The number of aliphatic carboxylic acids is 1. The Balaban J connectivity index is 1.50. The molecule has 2 aromatic carbocycles. The third-order valence-electron chi connectivity index (χ3n) is 4.84. The summed E-state index contributed by atoms with van der Waals surface area (Å²) in [6.45, 7) is 0.0127. The van der Waals surface area contributed by atoms with Crippen LogP contribution >= 0.6 is 0 Å². The van der Waals surface area contributed by atoms with Crippen molar-refractivity contribution in [2.24, 2.45) is 7.05 Å². The molecule has 0 aliphatic carbocycles. The first-order valence-corrected chi connectivity index (χ1v) is 9.67. The van der Waals surface area contributed by atoms with Crippen LogP contribution in [0.4, 0.5) is 13.2 Å². The van der Waals surface area contributed by atoms with Crippen LogP contribution in [-0.2, 0) is 31.0 Å². The molecule has 170 valence electrons. The number of carbonyl (C=O) groups is 1. The van der Waals surface area contributed by atoms with E-state index in [-0.39, 0.29) is 24.7 Å². The first-order chi connectivity index (χ1) is 15.7. The monoisotopic (exact) mass is 458 g/mol. The van der Waals surface area contributed by atoms with Crippen LogP contribution in [0.2, 0.25) is 0 Å². The normalized spacial score (nSPS) is 11.5. The van der Waals surface area contributed by atoms with Crippen molar-refractivity contribution in [3.05, 3.63) is 71.5 Å². The molecule has 0 aliphatic heterocycles. The van der Waals surface area contributed by atoms with Crippen molar-refractivity contribution in [1.29, 1.82) is 0 Å². The van der Waals surface area contributed by atoms with Crippen molar-refractivity contribution in [3.63, 3.8) is 0 Å². The fraction of sp³-hybridized carbons (Fsp3) is 0.182. The van der Waals surface area contributed by atoms with Crippen LogP contribution in [0.5, 0.6) is 5.75 Å². The second-order valence-electron chi connectivity index (χ2n) is 7.13. The zero-order valence-electron chi connectivity index (χ0n) is 17.2. The highest BCUT2D eigenvalue weighted by Gasteiger charge is 2.30. The Labute approximate surface area is 185 Å². The van der Waals surface area contributed by atoms with E-state index in [2.05, 4.69) is 15.2 Å². The van der Waals surface area contributed by atoms with Crippen LogP contribution in [0.25, 0.3) is 22.8 Å². The van der Waals surface area contributed by atoms with Crippen LogP contribution in [0, 0.1) is 0 Å². The van der Waals surface area contributed by atoms with E-state index in [1.807, 2.05) is 0 Å². The molecule has 0 saturated carbocycles. The highest BCUT2D eigenvalue weighted by atomic mass is 19.4. The van der Waals surface area contributed by atoms with Gasteiger partial charge in [-0.25, -0.2) is 0 Å². The minimum Gasteiger partial charge on any atom is -0.487 e. The zero-order chi connectivity index (χ0) is 23.6. The number of hydrogen-bond donors (Lipinski definition) is 1. The molecule has 0 fully saturated rings. The fourth-order valence-corrected chi connectivity index (χ4v) is 3.10. The predicted molar refractivity (Wildman–Crippen MR) is 109 cm³/mol. The smallest absolute Gasteiger partial charge is 0.416 e. The van der Waals surface area contributed by atoms with Gasteiger partial charge >= 0.3 is 12.1 Å². The molecule has 2 aromatic heterocycles. The van der Waals surface area contributed by atoms with Gasteiger partial charge in [0, 0.05) is 12.6 Å². The summed E-state index contributed by atoms with van der Waals surface area (Å²) in [5.41, 5.74) is 1.63. The van der Waals surface area contributed by atoms with Crippen molar-refractivity contribution in [2.75, 3.05) is 0 Å². The third kappa shape index (κ3) is 5.03. The van der Waals surface area contributed by atoms with Gasteiger partial charge in [0.2, 0.25) is 5.82 Å². The van der Waals surface area contributed by atoms with Gasteiger partial charge in [-0.1, -0.05) is 29.4 Å². The van der Waals surface area contributed by atoms with Gasteiger partial charge in [0.15, 0.2) is 0 Å². The summed E-state index contributed by atoms with van der Waals surface area (Å²) in [5.74, 6) is -0.154. The number of nitrogens with zero attached hydrogens (tertiary/aromatic N) is 4. The van der Waals surface area contributed by atoms with Gasteiger partial charge < -0.3 is 14.4 Å². The number of aromatic nitrogens is 4. The van der Waals surface area contributed by atoms with Crippen molar-refractivity contribution < 1.29 is 32.3 Å². The van der Waals surface area contributed by atoms with Crippen LogP contribution in [0.3, 0.4) is 0 Å². The molecule has 0 atom stereocenters. The second kappa shape index (κ2) is 8.77. The fourth-order valence-electron chi connectivity index (χ4n) is 3.10. The maximum Gasteiger partial charge on any atom is 0.416 e. The van der Waals surface area contributed by atoms with E-state index < -0.39 is 17.7 Å². The molecule has 0 saturated heterocycles. The molecule has 0 aliphatic rings. The van der Waals surface area contributed by atoms with Crippen molar-refractivity contribution in [1.82, 2.24) is 19.9 Å². The molecule has 0 unspecified atom stereocenters. The van der Waals surface area contributed by atoms with Gasteiger partial charge in [-0.3, -0.25) is 9.48 Å². The minimum atomic E-state index is -4.42. The first-order valence-electron chi connectivity index (χ1n) is 9.67. The Morgan fingerprint density at radius 1 is 1.12 bits per heavy atom. The van der Waals surface area contributed by atoms with Crippen molar-refractivity contribution >= 4 is 5.97 Å². The summed E-state index contributed by atoms with van der Waals surface area (Å²) in [6.07, 6.45) is -2.98. The summed E-state index contributed by atoms with van der Waals surface area (Å²) in [7, 11) is 1.69. The number of aryl methyl sites for hydroxylation is 1. The largest absolute Gasteiger partial charge is 0.487 e. The van der Waals surface area contributed by atoms with E-state index in [1.165, 1.54) is 18.3 Å². The van der Waals surface area contributed by atoms with E-state index in [0.717, 1.165) is 12.1 Å². The van der Waals surface area contributed by atoms with Gasteiger partial charge in [-0.05, 0) is 29.8 Å². The average molecular weight is 458 g/mol. The maximum absolute atomic E-state index is 12.7. The van der Waals surface area contributed by atoms with Gasteiger partial charge in [0.1, 0.15) is 12.4 Å². The number of benzene rings is 2. The Kier molecular flexibility index (Phi) is 5.86. The predicted octanol–water partition coefficient (Wildman–Crippen LogP) is 4.36. The SMILES string of the molecule is Cn1ncc(-c2nc(-c3ccc(CC(=O)O)cc3)no2)c1COc1ccc(C(F)(F)F)cc1. The number of carboxylic acid groups (broad SMARTS) is 1. The number of halogens is 3. The molecule has 4 aromatic rings. The molecule has 0 spiro atoms. The molecule has 0 amide bonds. The molecule has 33 heavy (non-hydrogen) atoms. The van der Waals surface area contributed by atoms with E-state index in [4.69, 9.17) is 14.4 Å². The van der Waals surface area contributed by atoms with E-state index >= 15 is 0 Å². The summed E-state index contributed by atoms with van der Waals surface area (Å²) in [5, 5.41) is 17.0. The summed E-state index contributed by atoms with van der Waals surface area (Å²) in [6, 6.07) is 11.1. The number of carboxylic acids is 1. The second-order valence-corrected chi connectivity index (χ2v) is 7.13. The highest BCUT2D eigenvalue weighted by molar-refractivity contribution is 5.70. The Morgan fingerprint density at radius 3 is 2.45 bits per heavy atom. The van der Waals surface area contributed by atoms with Crippen LogP contribution in [0.1, 0.15) is 16.8 Å². The number of hydrogen-bond acceptors (Lipinski definition) is 6. The number of rotatable bonds is 7. The highest BCUT2D eigenvalue weighted by Crippen LogP contribution is 2.31. The molecular weight excluding hydrogens is 441 g/mol. The van der Waals surface area contributed by atoms with Crippen LogP contribution in [0.15, 0.2) is 59.3 Å². The first kappa shape index (κ1) is 22.1. The van der Waals surface area contributed by atoms with Crippen molar-refractivity contribution in [3.8, 4) is 28.6 Å². The van der Waals surface area contributed by atoms with E-state index in [0.29, 0.717) is 28.2 Å². The van der Waals surface area contributed by atoms with Gasteiger partial charge in [0.25, 0.3) is 5.89 Å². The van der Waals surface area contributed by atoms with Gasteiger partial charge in [-0.15, -0.1) is 0 Å². The lowest BCUT2D eigenvalue weighted by molar-refractivity contribution is -0.138. The van der Waals surface area contributed by atoms with Gasteiger partial charge in [-0.2, -0.15) is 23.3 Å². The maximum atomic E-state index is 12.7. The minimum absolute atomic E-state index is 0.0127. The summed E-state index contributed by atoms with van der Waals surface area (Å²) >= 11 is 0. The topological polar surface area (TPSA) is 103 Å². The third-order valence-corrected chi connectivity index (χ3v) is 4.84. The van der Waals surface area contributed by atoms with Crippen LogP contribution < -0.4 is 4.74 Å². The Bertz CT molecular complexity index is 1260. The quantitative estimate of drug-likeness (QED) is 0.439. The standard InChI is InChI=1S/C22H17F3N4O4/c1-29-18(12-32-16-8-6-15(7-9-16)22(23,24)25)17(11-26-29)21-27-20(28-33-21)14-4-2-13(3-5-14)10-19(30)31/h2-9,11H,10,12H2,1H3,(H,30,31). The van der Waals surface area contributed by atoms with Crippen molar-refractivity contribution in [2.45, 2.75) is 19.2 Å². The average Bonchev–Trinajstić information content (AvgIpc) is 3.39. The Morgan fingerprint density at radius 2 is 1.82 bits per heavy atom. The number of alkyl halides is 3. The molecule has 11 heteroatoms. The number of ether oxygens (including phenoxy) is 1. The molecule has 1 N–H and O–H groups in total.